The van der Waals surface area contributed by atoms with Crippen molar-refractivity contribution in [3.8, 4) is 0 Å². The number of anilines is 1. The summed E-state index contributed by atoms with van der Waals surface area (Å²) >= 11 is 0. The highest BCUT2D eigenvalue weighted by Crippen LogP contribution is 2.51. The normalized spacial score (nSPS) is 22.8. The first-order valence-electron chi connectivity index (χ1n) is 11.4. The summed E-state index contributed by atoms with van der Waals surface area (Å²) in [5.41, 5.74) is 2.48. The van der Waals surface area contributed by atoms with Crippen LogP contribution in [0, 0.1) is 5.92 Å². The molecule has 2 saturated heterocycles. The van der Waals surface area contributed by atoms with Gasteiger partial charge in [0.1, 0.15) is 11.6 Å². The van der Waals surface area contributed by atoms with E-state index in [0.717, 1.165) is 93.2 Å². The fourth-order valence-corrected chi connectivity index (χ4v) is 5.15. The third-order valence-electron chi connectivity index (χ3n) is 7.10. The van der Waals surface area contributed by atoms with Crippen molar-refractivity contribution in [1.82, 2.24) is 29.8 Å². The standard InChI is InChI=1S/C23H27N7O/c31-21(29-11-1-2-12-29)16-4-3-13-30(15-16)19-6-5-17-20(27-19)28-22(26-17)23(7-8-23)18-14-24-9-10-25-18/h5-6,9-10,14,16H,1-4,7-8,11-13,15H2,(H,26,27,28). The van der Waals surface area contributed by atoms with Crippen LogP contribution >= 0.6 is 0 Å². The zero-order valence-corrected chi connectivity index (χ0v) is 17.6. The van der Waals surface area contributed by atoms with Crippen LogP contribution in [0.25, 0.3) is 11.2 Å². The lowest BCUT2D eigenvalue weighted by Gasteiger charge is -2.34. The third-order valence-corrected chi connectivity index (χ3v) is 7.10. The average Bonchev–Trinajstić information content (AvgIpc) is 3.24. The van der Waals surface area contributed by atoms with Crippen LogP contribution in [0.15, 0.2) is 30.7 Å². The molecular weight excluding hydrogens is 390 g/mol. The van der Waals surface area contributed by atoms with Gasteiger partial charge >= 0.3 is 0 Å². The van der Waals surface area contributed by atoms with E-state index in [1.807, 2.05) is 11.1 Å². The Bertz CT molecular complexity index is 1100. The van der Waals surface area contributed by atoms with E-state index >= 15 is 0 Å². The zero-order valence-electron chi connectivity index (χ0n) is 17.6. The average molecular weight is 418 g/mol. The number of likely N-dealkylation sites (tertiary alicyclic amines) is 1. The van der Waals surface area contributed by atoms with E-state index in [1.165, 1.54) is 0 Å². The number of carbonyl (C=O) groups excluding carboxylic acids is 1. The van der Waals surface area contributed by atoms with Crippen LogP contribution < -0.4 is 4.90 Å². The smallest absolute Gasteiger partial charge is 0.227 e. The van der Waals surface area contributed by atoms with Crippen LogP contribution in [-0.4, -0.2) is 61.9 Å². The summed E-state index contributed by atoms with van der Waals surface area (Å²) in [6.45, 7) is 3.52. The molecule has 1 atom stereocenters. The van der Waals surface area contributed by atoms with E-state index in [2.05, 4.69) is 32.0 Å². The fraction of sp³-hybridized carbons (Fsp3) is 0.522. The number of piperidine rings is 1. The van der Waals surface area contributed by atoms with E-state index in [9.17, 15) is 4.79 Å². The van der Waals surface area contributed by atoms with Gasteiger partial charge in [-0.05, 0) is 50.7 Å². The first kappa shape index (κ1) is 18.7. The number of hydrogen-bond donors (Lipinski definition) is 1. The molecule has 1 saturated carbocycles. The number of H-pyrrole nitrogens is 1. The quantitative estimate of drug-likeness (QED) is 0.702. The SMILES string of the molecule is O=C(C1CCCN(c2ccc3[nH]c(C4(c5cnccn5)CC4)nc3n2)C1)N1CCCC1. The summed E-state index contributed by atoms with van der Waals surface area (Å²) in [6.07, 6.45) is 11.6. The number of carbonyl (C=O) groups is 1. The fourth-order valence-electron chi connectivity index (χ4n) is 5.15. The minimum atomic E-state index is -0.159. The zero-order chi connectivity index (χ0) is 20.8. The lowest BCUT2D eigenvalue weighted by Crippen LogP contribution is -2.44. The Morgan fingerprint density at radius 1 is 1.06 bits per heavy atom. The molecule has 1 N–H and O–H groups in total. The topological polar surface area (TPSA) is 90.9 Å². The second kappa shape index (κ2) is 7.28. The van der Waals surface area contributed by atoms with Crippen molar-refractivity contribution >= 4 is 22.9 Å². The van der Waals surface area contributed by atoms with E-state index < -0.39 is 0 Å². The van der Waals surface area contributed by atoms with Crippen LogP contribution in [0.1, 0.15) is 50.0 Å². The van der Waals surface area contributed by atoms with Gasteiger partial charge in [-0.2, -0.15) is 0 Å². The maximum absolute atomic E-state index is 12.9. The van der Waals surface area contributed by atoms with Crippen molar-refractivity contribution in [2.24, 2.45) is 5.92 Å². The Hall–Kier alpha value is -3.03. The monoisotopic (exact) mass is 417 g/mol. The summed E-state index contributed by atoms with van der Waals surface area (Å²) in [4.78, 5) is 39.2. The minimum absolute atomic E-state index is 0.0745. The van der Waals surface area contributed by atoms with Crippen molar-refractivity contribution in [1.29, 1.82) is 0 Å². The number of hydrogen-bond acceptors (Lipinski definition) is 6. The molecule has 8 heteroatoms. The Balaban J connectivity index is 1.25. The number of nitrogens with one attached hydrogen (secondary N) is 1. The number of aromatic amines is 1. The number of imidazole rings is 1. The molecule has 3 aliphatic rings. The molecule has 8 nitrogen and oxygen atoms in total. The number of aromatic nitrogens is 5. The molecule has 0 bridgehead atoms. The molecule has 0 aromatic carbocycles. The van der Waals surface area contributed by atoms with Crippen LogP contribution in [0.2, 0.25) is 0 Å². The Kier molecular flexibility index (Phi) is 4.40. The molecule has 31 heavy (non-hydrogen) atoms. The highest BCUT2D eigenvalue weighted by Gasteiger charge is 2.50. The lowest BCUT2D eigenvalue weighted by molar-refractivity contribution is -0.134. The van der Waals surface area contributed by atoms with Crippen LogP contribution in [0.4, 0.5) is 5.82 Å². The molecule has 1 aliphatic carbocycles. The highest BCUT2D eigenvalue weighted by molar-refractivity contribution is 5.80. The van der Waals surface area contributed by atoms with Crippen molar-refractivity contribution in [3.05, 3.63) is 42.2 Å². The molecule has 6 rings (SSSR count). The molecule has 0 spiro atoms. The minimum Gasteiger partial charge on any atom is -0.356 e. The predicted octanol–water partition coefficient (Wildman–Crippen LogP) is 2.67. The van der Waals surface area contributed by atoms with Gasteiger partial charge in [0.15, 0.2) is 5.65 Å². The molecule has 2 aliphatic heterocycles. The molecule has 1 unspecified atom stereocenters. The van der Waals surface area contributed by atoms with Crippen molar-refractivity contribution in [3.63, 3.8) is 0 Å². The van der Waals surface area contributed by atoms with Crippen LogP contribution in [-0.2, 0) is 10.2 Å². The molecule has 5 heterocycles. The van der Waals surface area contributed by atoms with E-state index in [0.29, 0.717) is 5.91 Å². The summed E-state index contributed by atoms with van der Waals surface area (Å²) in [5, 5.41) is 0. The summed E-state index contributed by atoms with van der Waals surface area (Å²) in [5.74, 6) is 2.23. The van der Waals surface area contributed by atoms with Crippen LogP contribution in [0.5, 0.6) is 0 Å². The Morgan fingerprint density at radius 3 is 2.71 bits per heavy atom. The second-order valence-electron chi connectivity index (χ2n) is 9.12. The van der Waals surface area contributed by atoms with Gasteiger partial charge in [0.25, 0.3) is 0 Å². The van der Waals surface area contributed by atoms with Gasteiger partial charge in [0.05, 0.1) is 22.5 Å². The molecule has 3 aromatic heterocycles. The van der Waals surface area contributed by atoms with E-state index in [4.69, 9.17) is 9.97 Å². The second-order valence-corrected chi connectivity index (χ2v) is 9.12. The van der Waals surface area contributed by atoms with Gasteiger partial charge in [-0.1, -0.05) is 0 Å². The third kappa shape index (κ3) is 3.25. The van der Waals surface area contributed by atoms with Crippen molar-refractivity contribution < 1.29 is 4.79 Å². The first-order chi connectivity index (χ1) is 15.2. The van der Waals surface area contributed by atoms with Crippen LogP contribution in [0.3, 0.4) is 0 Å². The van der Waals surface area contributed by atoms with Gasteiger partial charge in [-0.15, -0.1) is 0 Å². The molecule has 0 radical (unpaired) electrons. The van der Waals surface area contributed by atoms with Gasteiger partial charge in [0.2, 0.25) is 5.91 Å². The van der Waals surface area contributed by atoms with Gasteiger partial charge in [-0.3, -0.25) is 14.8 Å². The molecular formula is C23H27N7O. The van der Waals surface area contributed by atoms with E-state index in [1.54, 1.807) is 12.4 Å². The first-order valence-corrected chi connectivity index (χ1v) is 11.4. The maximum Gasteiger partial charge on any atom is 0.227 e. The summed E-state index contributed by atoms with van der Waals surface area (Å²) < 4.78 is 0. The maximum atomic E-state index is 12.9. The molecule has 1 amide bonds. The number of nitrogens with zero attached hydrogens (tertiary/aromatic N) is 6. The number of rotatable bonds is 4. The number of amides is 1. The number of pyridine rings is 1. The Labute approximate surface area is 181 Å². The Morgan fingerprint density at radius 2 is 1.94 bits per heavy atom. The van der Waals surface area contributed by atoms with Gasteiger partial charge < -0.3 is 14.8 Å². The van der Waals surface area contributed by atoms with E-state index in [-0.39, 0.29) is 11.3 Å². The van der Waals surface area contributed by atoms with Crippen molar-refractivity contribution in [2.75, 3.05) is 31.1 Å². The molecule has 3 fully saturated rings. The molecule has 3 aromatic rings. The van der Waals surface area contributed by atoms with Gasteiger partial charge in [-0.25, -0.2) is 9.97 Å². The largest absolute Gasteiger partial charge is 0.356 e. The molecule has 160 valence electrons. The predicted molar refractivity (Wildman–Crippen MR) is 117 cm³/mol. The highest BCUT2D eigenvalue weighted by atomic mass is 16.2. The van der Waals surface area contributed by atoms with Gasteiger partial charge in [0, 0.05) is 44.8 Å². The lowest BCUT2D eigenvalue weighted by atomic mass is 9.96. The summed E-state index contributed by atoms with van der Waals surface area (Å²) in [7, 11) is 0. The summed E-state index contributed by atoms with van der Waals surface area (Å²) in [6, 6.07) is 4.11. The number of fused-ring (bicyclic) bond motifs is 1. The van der Waals surface area contributed by atoms with Crippen molar-refractivity contribution in [2.45, 2.75) is 43.9 Å².